The zero-order valence-corrected chi connectivity index (χ0v) is 16.3. The summed E-state index contributed by atoms with van der Waals surface area (Å²) in [6.45, 7) is 0.931. The monoisotopic (exact) mass is 391 g/mol. The van der Waals surface area contributed by atoms with Crippen LogP contribution in [0.1, 0.15) is 31.8 Å². The van der Waals surface area contributed by atoms with Crippen molar-refractivity contribution in [1.29, 1.82) is 0 Å². The fraction of sp³-hybridized carbons (Fsp3) is 0.227. The number of fused-ring (bicyclic) bond motifs is 2. The standard InChI is InChI=1S/C22H21N3O4/c1-28-19-10-17-13(6-8-24-18(17)11-20(19)29-2)12-25-9-7-14-15(21(23)26)4-3-5-16(14)22(25)27/h3-6,8,10-11H,7,9,12H2,1-2H3,(H2,23,26). The molecule has 2 heterocycles. The summed E-state index contributed by atoms with van der Waals surface area (Å²) in [5, 5.41) is 0.898. The Morgan fingerprint density at radius 2 is 1.93 bits per heavy atom. The van der Waals surface area contributed by atoms with Gasteiger partial charge in [-0.25, -0.2) is 0 Å². The molecule has 4 rings (SSSR count). The second-order valence-corrected chi connectivity index (χ2v) is 6.87. The highest BCUT2D eigenvalue weighted by Crippen LogP contribution is 2.33. The molecule has 2 aromatic carbocycles. The average molecular weight is 391 g/mol. The van der Waals surface area contributed by atoms with Crippen molar-refractivity contribution in [3.8, 4) is 11.5 Å². The number of amides is 2. The maximum Gasteiger partial charge on any atom is 0.254 e. The van der Waals surface area contributed by atoms with Crippen molar-refractivity contribution in [2.24, 2.45) is 5.73 Å². The van der Waals surface area contributed by atoms with Crippen molar-refractivity contribution >= 4 is 22.7 Å². The number of rotatable bonds is 5. The summed E-state index contributed by atoms with van der Waals surface area (Å²) in [4.78, 5) is 30.9. The molecule has 0 saturated carbocycles. The van der Waals surface area contributed by atoms with E-state index in [0.29, 0.717) is 42.1 Å². The van der Waals surface area contributed by atoms with Crippen LogP contribution >= 0.6 is 0 Å². The molecule has 2 N–H and O–H groups in total. The van der Waals surface area contributed by atoms with Crippen LogP contribution in [0.4, 0.5) is 0 Å². The molecule has 1 aliphatic rings. The highest BCUT2D eigenvalue weighted by molar-refractivity contribution is 6.02. The van der Waals surface area contributed by atoms with Gasteiger partial charge >= 0.3 is 0 Å². The van der Waals surface area contributed by atoms with Gasteiger partial charge in [-0.05, 0) is 41.8 Å². The average Bonchev–Trinajstić information content (AvgIpc) is 2.74. The second-order valence-electron chi connectivity index (χ2n) is 6.87. The predicted octanol–water partition coefficient (Wildman–Crippen LogP) is 2.55. The van der Waals surface area contributed by atoms with Crippen molar-refractivity contribution in [1.82, 2.24) is 9.88 Å². The Kier molecular flexibility index (Phi) is 4.80. The number of methoxy groups -OCH3 is 2. The van der Waals surface area contributed by atoms with Crippen LogP contribution in [0.5, 0.6) is 11.5 Å². The Labute approximate surface area is 168 Å². The summed E-state index contributed by atoms with van der Waals surface area (Å²) in [7, 11) is 3.17. The minimum Gasteiger partial charge on any atom is -0.493 e. The molecule has 1 aromatic heterocycles. The maximum atomic E-state index is 13.1. The normalized spacial score (nSPS) is 13.3. The molecule has 0 atom stereocenters. The highest BCUT2D eigenvalue weighted by atomic mass is 16.5. The number of benzene rings is 2. The van der Waals surface area contributed by atoms with Gasteiger partial charge < -0.3 is 20.1 Å². The number of carbonyl (C=O) groups is 2. The van der Waals surface area contributed by atoms with Crippen LogP contribution in [-0.2, 0) is 13.0 Å². The van der Waals surface area contributed by atoms with Gasteiger partial charge in [-0.3, -0.25) is 14.6 Å². The van der Waals surface area contributed by atoms with Crippen LogP contribution in [0.15, 0.2) is 42.6 Å². The number of ether oxygens (including phenoxy) is 2. The van der Waals surface area contributed by atoms with Crippen LogP contribution in [0.25, 0.3) is 10.9 Å². The number of hydrogen-bond donors (Lipinski definition) is 1. The second kappa shape index (κ2) is 7.43. The fourth-order valence-corrected chi connectivity index (χ4v) is 3.83. The molecule has 3 aromatic rings. The Balaban J connectivity index is 1.70. The molecular formula is C22H21N3O4. The molecular weight excluding hydrogens is 370 g/mol. The number of nitrogens with zero attached hydrogens (tertiary/aromatic N) is 2. The molecule has 7 heteroatoms. The van der Waals surface area contributed by atoms with Gasteiger partial charge in [0.05, 0.1) is 19.7 Å². The quantitative estimate of drug-likeness (QED) is 0.721. The number of aromatic nitrogens is 1. The molecule has 0 aliphatic carbocycles. The van der Waals surface area contributed by atoms with Crippen molar-refractivity contribution in [3.05, 3.63) is 64.8 Å². The van der Waals surface area contributed by atoms with Crippen molar-refractivity contribution in [3.63, 3.8) is 0 Å². The van der Waals surface area contributed by atoms with Gasteiger partial charge in [0.15, 0.2) is 11.5 Å². The third kappa shape index (κ3) is 3.24. The SMILES string of the molecule is COc1cc2nccc(CN3CCc4c(C(N)=O)cccc4C3=O)c2cc1OC. The third-order valence-corrected chi connectivity index (χ3v) is 5.29. The Morgan fingerprint density at radius 3 is 2.66 bits per heavy atom. The molecule has 29 heavy (non-hydrogen) atoms. The zero-order valence-electron chi connectivity index (χ0n) is 16.3. The van der Waals surface area contributed by atoms with Gasteiger partial charge in [-0.15, -0.1) is 0 Å². The fourth-order valence-electron chi connectivity index (χ4n) is 3.83. The number of nitrogens with two attached hydrogens (primary N) is 1. The van der Waals surface area contributed by atoms with E-state index < -0.39 is 5.91 Å². The first-order chi connectivity index (χ1) is 14.0. The minimum absolute atomic E-state index is 0.111. The molecule has 1 aliphatic heterocycles. The van der Waals surface area contributed by atoms with E-state index in [4.69, 9.17) is 15.2 Å². The summed E-state index contributed by atoms with van der Waals surface area (Å²) in [5.74, 6) is 0.589. The molecule has 7 nitrogen and oxygen atoms in total. The molecule has 0 fully saturated rings. The van der Waals surface area contributed by atoms with Gasteiger partial charge in [-0.1, -0.05) is 6.07 Å². The van der Waals surface area contributed by atoms with Crippen LogP contribution in [0, 0.1) is 0 Å². The topological polar surface area (TPSA) is 94.7 Å². The molecule has 148 valence electrons. The van der Waals surface area contributed by atoms with Crippen LogP contribution in [0.2, 0.25) is 0 Å². The first-order valence-corrected chi connectivity index (χ1v) is 9.24. The molecule has 0 bridgehead atoms. The molecule has 0 unspecified atom stereocenters. The lowest BCUT2D eigenvalue weighted by Crippen LogP contribution is -2.38. The highest BCUT2D eigenvalue weighted by Gasteiger charge is 2.27. The summed E-state index contributed by atoms with van der Waals surface area (Å²) < 4.78 is 10.8. The van der Waals surface area contributed by atoms with E-state index in [0.717, 1.165) is 22.0 Å². The zero-order chi connectivity index (χ0) is 20.5. The van der Waals surface area contributed by atoms with Gasteiger partial charge in [-0.2, -0.15) is 0 Å². The van der Waals surface area contributed by atoms with Crippen LogP contribution in [-0.4, -0.2) is 42.5 Å². The van der Waals surface area contributed by atoms with E-state index in [1.807, 2.05) is 18.2 Å². The Bertz CT molecular complexity index is 1130. The minimum atomic E-state index is -0.510. The predicted molar refractivity (Wildman–Crippen MR) is 108 cm³/mol. The number of primary amides is 1. The van der Waals surface area contributed by atoms with E-state index in [9.17, 15) is 9.59 Å². The number of carbonyl (C=O) groups excluding carboxylic acids is 2. The van der Waals surface area contributed by atoms with E-state index in [1.165, 1.54) is 0 Å². The largest absolute Gasteiger partial charge is 0.493 e. The first-order valence-electron chi connectivity index (χ1n) is 9.24. The number of pyridine rings is 1. The van der Waals surface area contributed by atoms with Crippen LogP contribution < -0.4 is 15.2 Å². The number of hydrogen-bond acceptors (Lipinski definition) is 5. The Morgan fingerprint density at radius 1 is 1.17 bits per heavy atom. The van der Waals surface area contributed by atoms with Gasteiger partial charge in [0.2, 0.25) is 5.91 Å². The van der Waals surface area contributed by atoms with Gasteiger partial charge in [0, 0.05) is 41.9 Å². The molecule has 0 saturated heterocycles. The smallest absolute Gasteiger partial charge is 0.254 e. The van der Waals surface area contributed by atoms with Gasteiger partial charge in [0.25, 0.3) is 5.91 Å². The first kappa shape index (κ1) is 18.7. The van der Waals surface area contributed by atoms with E-state index in [1.54, 1.807) is 43.5 Å². The van der Waals surface area contributed by atoms with Crippen molar-refractivity contribution in [2.75, 3.05) is 20.8 Å². The molecule has 2 amide bonds. The van der Waals surface area contributed by atoms with Crippen molar-refractivity contribution in [2.45, 2.75) is 13.0 Å². The molecule has 0 spiro atoms. The third-order valence-electron chi connectivity index (χ3n) is 5.29. The summed E-state index contributed by atoms with van der Waals surface area (Å²) >= 11 is 0. The van der Waals surface area contributed by atoms with Gasteiger partial charge in [0.1, 0.15) is 0 Å². The Hall–Kier alpha value is -3.61. The lowest BCUT2D eigenvalue weighted by molar-refractivity contribution is 0.0727. The summed E-state index contributed by atoms with van der Waals surface area (Å²) in [6.07, 6.45) is 2.30. The van der Waals surface area contributed by atoms with E-state index in [-0.39, 0.29) is 5.91 Å². The van der Waals surface area contributed by atoms with E-state index in [2.05, 4.69) is 4.98 Å². The lowest BCUT2D eigenvalue weighted by atomic mass is 9.93. The lowest BCUT2D eigenvalue weighted by Gasteiger charge is -2.30. The van der Waals surface area contributed by atoms with Crippen molar-refractivity contribution < 1.29 is 19.1 Å². The van der Waals surface area contributed by atoms with Crippen LogP contribution in [0.3, 0.4) is 0 Å². The summed E-state index contributed by atoms with van der Waals surface area (Å²) in [6, 6.07) is 10.7. The molecule has 0 radical (unpaired) electrons. The summed E-state index contributed by atoms with van der Waals surface area (Å²) in [5.41, 5.74) is 8.86. The van der Waals surface area contributed by atoms with E-state index >= 15 is 0 Å². The maximum absolute atomic E-state index is 13.1.